The van der Waals surface area contributed by atoms with Gasteiger partial charge in [0, 0.05) is 35.6 Å². The van der Waals surface area contributed by atoms with E-state index in [1.165, 1.54) is 25.1 Å². The van der Waals surface area contributed by atoms with Gasteiger partial charge in [0.1, 0.15) is 5.82 Å². The van der Waals surface area contributed by atoms with Crippen molar-refractivity contribution in [1.82, 2.24) is 14.9 Å². The molecule has 0 bridgehead atoms. The molecule has 100 valence electrons. The normalized spacial score (nSPS) is 20.6. The number of anilines is 1. The molecule has 1 atom stereocenters. The zero-order valence-corrected chi connectivity index (χ0v) is 11.3. The predicted octanol–water partition coefficient (Wildman–Crippen LogP) is 2.47. The first-order valence-corrected chi connectivity index (χ1v) is 6.82. The summed E-state index contributed by atoms with van der Waals surface area (Å²) in [6.45, 7) is 2.31. The molecule has 0 saturated carbocycles. The number of nitrogens with two attached hydrogens (primary N) is 1. The monoisotopic (exact) mass is 256 g/mol. The van der Waals surface area contributed by atoms with Gasteiger partial charge in [-0.3, -0.25) is 0 Å². The third kappa shape index (κ3) is 2.63. The first kappa shape index (κ1) is 12.2. The van der Waals surface area contributed by atoms with Gasteiger partial charge in [-0.1, -0.05) is 12.1 Å². The van der Waals surface area contributed by atoms with Crippen molar-refractivity contribution in [3.63, 3.8) is 0 Å². The molecular weight excluding hydrogens is 236 g/mol. The van der Waals surface area contributed by atoms with E-state index in [2.05, 4.69) is 21.9 Å². The highest BCUT2D eigenvalue weighted by Crippen LogP contribution is 2.27. The zero-order valence-electron chi connectivity index (χ0n) is 11.3. The van der Waals surface area contributed by atoms with E-state index in [0.717, 1.165) is 23.6 Å². The average Bonchev–Trinajstić information content (AvgIpc) is 2.88. The molecule has 0 spiro atoms. The summed E-state index contributed by atoms with van der Waals surface area (Å²) in [4.78, 5) is 10.3. The van der Waals surface area contributed by atoms with E-state index in [9.17, 15) is 0 Å². The molecule has 0 radical (unpaired) electrons. The van der Waals surface area contributed by atoms with E-state index in [-0.39, 0.29) is 0 Å². The minimum Gasteiger partial charge on any atom is -0.399 e. The summed E-state index contributed by atoms with van der Waals surface area (Å²) < 4.78 is 0. The number of aromatic amines is 1. The summed E-state index contributed by atoms with van der Waals surface area (Å²) in [6, 6.07) is 7.84. The molecule has 1 fully saturated rings. The van der Waals surface area contributed by atoms with Gasteiger partial charge in [0.2, 0.25) is 0 Å². The topological polar surface area (TPSA) is 57.9 Å². The van der Waals surface area contributed by atoms with Crippen LogP contribution in [0.2, 0.25) is 0 Å². The molecule has 2 heterocycles. The van der Waals surface area contributed by atoms with E-state index in [4.69, 9.17) is 5.73 Å². The molecule has 2 aromatic rings. The standard InChI is InChI=1S/C15H20N4/c1-19-7-3-5-12(10-19)14-9-17-15(18-14)11-4-2-6-13(16)8-11/h2,4,6,8-9,12H,3,5,7,10,16H2,1H3,(H,17,18). The number of hydrogen-bond donors (Lipinski definition) is 2. The fourth-order valence-electron chi connectivity index (χ4n) is 2.80. The number of piperidine rings is 1. The van der Waals surface area contributed by atoms with Crippen LogP contribution >= 0.6 is 0 Å². The van der Waals surface area contributed by atoms with Gasteiger partial charge in [0.15, 0.2) is 0 Å². The molecule has 3 rings (SSSR count). The average molecular weight is 256 g/mol. The van der Waals surface area contributed by atoms with Crippen LogP contribution in [0.25, 0.3) is 11.4 Å². The zero-order chi connectivity index (χ0) is 13.2. The van der Waals surface area contributed by atoms with Crippen LogP contribution in [-0.2, 0) is 0 Å². The Hall–Kier alpha value is -1.81. The number of imidazole rings is 1. The van der Waals surface area contributed by atoms with Crippen LogP contribution in [0.5, 0.6) is 0 Å². The minimum atomic E-state index is 0.570. The maximum absolute atomic E-state index is 5.82. The molecule has 0 amide bonds. The van der Waals surface area contributed by atoms with Crippen LogP contribution in [0.15, 0.2) is 30.5 Å². The molecule has 19 heavy (non-hydrogen) atoms. The highest BCUT2D eigenvalue weighted by Gasteiger charge is 2.20. The van der Waals surface area contributed by atoms with Crippen LogP contribution in [0, 0.1) is 0 Å². The SMILES string of the molecule is CN1CCCC(c2cnc(-c3cccc(N)c3)[nH]2)C1. The van der Waals surface area contributed by atoms with Crippen LogP contribution in [0.3, 0.4) is 0 Å². The van der Waals surface area contributed by atoms with Crippen molar-refractivity contribution in [1.29, 1.82) is 0 Å². The second kappa shape index (κ2) is 5.05. The fraction of sp³-hybridized carbons (Fsp3) is 0.400. The van der Waals surface area contributed by atoms with Crippen molar-refractivity contribution < 1.29 is 0 Å². The van der Waals surface area contributed by atoms with E-state index in [1.807, 2.05) is 30.5 Å². The van der Waals surface area contributed by atoms with Crippen LogP contribution < -0.4 is 5.73 Å². The molecule has 3 N–H and O–H groups in total. The first-order chi connectivity index (χ1) is 9.22. The lowest BCUT2D eigenvalue weighted by Gasteiger charge is -2.28. The number of benzene rings is 1. The molecule has 4 heteroatoms. The molecule has 1 aromatic carbocycles. The number of likely N-dealkylation sites (N-methyl/N-ethyl adjacent to an activating group) is 1. The summed E-state index contributed by atoms with van der Waals surface area (Å²) >= 11 is 0. The van der Waals surface area contributed by atoms with Crippen LogP contribution in [-0.4, -0.2) is 35.0 Å². The first-order valence-electron chi connectivity index (χ1n) is 6.82. The molecular formula is C15H20N4. The van der Waals surface area contributed by atoms with Gasteiger partial charge in [0.05, 0.1) is 0 Å². The second-order valence-electron chi connectivity index (χ2n) is 5.41. The van der Waals surface area contributed by atoms with Crippen molar-refractivity contribution in [3.05, 3.63) is 36.2 Å². The van der Waals surface area contributed by atoms with E-state index in [0.29, 0.717) is 5.92 Å². The molecule has 1 aliphatic rings. The Morgan fingerprint density at radius 1 is 1.42 bits per heavy atom. The van der Waals surface area contributed by atoms with E-state index < -0.39 is 0 Å². The van der Waals surface area contributed by atoms with Gasteiger partial charge in [-0.05, 0) is 38.6 Å². The molecule has 1 saturated heterocycles. The number of nitrogens with zero attached hydrogens (tertiary/aromatic N) is 2. The summed E-state index contributed by atoms with van der Waals surface area (Å²) in [7, 11) is 2.18. The summed E-state index contributed by atoms with van der Waals surface area (Å²) in [5.74, 6) is 1.48. The highest BCUT2D eigenvalue weighted by atomic mass is 15.1. The Kier molecular flexibility index (Phi) is 3.25. The number of nitrogen functional groups attached to an aromatic ring is 1. The van der Waals surface area contributed by atoms with Gasteiger partial charge in [-0.25, -0.2) is 4.98 Å². The third-order valence-electron chi connectivity index (χ3n) is 3.82. The molecule has 1 unspecified atom stereocenters. The molecule has 1 aliphatic heterocycles. The number of nitrogens with one attached hydrogen (secondary N) is 1. The van der Waals surface area contributed by atoms with Crippen molar-refractivity contribution >= 4 is 5.69 Å². The lowest BCUT2D eigenvalue weighted by Crippen LogP contribution is -2.30. The van der Waals surface area contributed by atoms with Gasteiger partial charge >= 0.3 is 0 Å². The predicted molar refractivity (Wildman–Crippen MR) is 77.9 cm³/mol. The molecule has 4 nitrogen and oxygen atoms in total. The molecule has 0 aliphatic carbocycles. The van der Waals surface area contributed by atoms with Crippen LogP contribution in [0.4, 0.5) is 5.69 Å². The maximum Gasteiger partial charge on any atom is 0.137 e. The van der Waals surface area contributed by atoms with E-state index >= 15 is 0 Å². The van der Waals surface area contributed by atoms with Crippen LogP contribution in [0.1, 0.15) is 24.5 Å². The Morgan fingerprint density at radius 2 is 2.32 bits per heavy atom. The van der Waals surface area contributed by atoms with Gasteiger partial charge in [-0.15, -0.1) is 0 Å². The number of aromatic nitrogens is 2. The van der Waals surface area contributed by atoms with Crippen molar-refractivity contribution in [2.75, 3.05) is 25.9 Å². The number of likely N-dealkylation sites (tertiary alicyclic amines) is 1. The smallest absolute Gasteiger partial charge is 0.137 e. The van der Waals surface area contributed by atoms with Gasteiger partial charge < -0.3 is 15.6 Å². The number of hydrogen-bond acceptors (Lipinski definition) is 3. The van der Waals surface area contributed by atoms with E-state index in [1.54, 1.807) is 0 Å². The highest BCUT2D eigenvalue weighted by molar-refractivity contribution is 5.61. The Bertz CT molecular complexity index is 561. The second-order valence-corrected chi connectivity index (χ2v) is 5.41. The van der Waals surface area contributed by atoms with Gasteiger partial charge in [0.25, 0.3) is 0 Å². The fourth-order valence-corrected chi connectivity index (χ4v) is 2.80. The summed E-state index contributed by atoms with van der Waals surface area (Å²) in [6.07, 6.45) is 4.47. The van der Waals surface area contributed by atoms with Crippen molar-refractivity contribution in [2.24, 2.45) is 0 Å². The minimum absolute atomic E-state index is 0.570. The number of rotatable bonds is 2. The Balaban J connectivity index is 1.83. The summed E-state index contributed by atoms with van der Waals surface area (Å²) in [5.41, 5.74) is 8.88. The van der Waals surface area contributed by atoms with Crippen molar-refractivity contribution in [2.45, 2.75) is 18.8 Å². The summed E-state index contributed by atoms with van der Waals surface area (Å²) in [5, 5.41) is 0. The maximum atomic E-state index is 5.82. The molecule has 1 aromatic heterocycles. The lowest BCUT2D eigenvalue weighted by molar-refractivity contribution is 0.249. The lowest BCUT2D eigenvalue weighted by atomic mass is 9.96. The largest absolute Gasteiger partial charge is 0.399 e. The van der Waals surface area contributed by atoms with Crippen molar-refractivity contribution in [3.8, 4) is 11.4 Å². The quantitative estimate of drug-likeness (QED) is 0.812. The Morgan fingerprint density at radius 3 is 3.11 bits per heavy atom. The Labute approximate surface area is 113 Å². The van der Waals surface area contributed by atoms with Gasteiger partial charge in [-0.2, -0.15) is 0 Å². The third-order valence-corrected chi connectivity index (χ3v) is 3.82. The number of H-pyrrole nitrogens is 1.